The van der Waals surface area contributed by atoms with Crippen molar-refractivity contribution in [3.05, 3.63) is 15.5 Å². The van der Waals surface area contributed by atoms with Crippen LogP contribution in [0.1, 0.15) is 17.4 Å². The van der Waals surface area contributed by atoms with Gasteiger partial charge in [0.2, 0.25) is 0 Å². The van der Waals surface area contributed by atoms with Crippen LogP contribution in [-0.4, -0.2) is 29.4 Å². The predicted octanol–water partition coefficient (Wildman–Crippen LogP) is 1.89. The molecule has 0 aliphatic rings. The zero-order valence-electron chi connectivity index (χ0n) is 6.87. The highest BCUT2D eigenvalue weighted by Gasteiger charge is 2.12. The molecule has 12 heavy (non-hydrogen) atoms. The Labute approximate surface area is 80.0 Å². The van der Waals surface area contributed by atoms with E-state index in [4.69, 9.17) is 11.6 Å². The Balaban J connectivity index is 2.78. The summed E-state index contributed by atoms with van der Waals surface area (Å²) < 4.78 is 0.405. The summed E-state index contributed by atoms with van der Waals surface area (Å²) in [5, 5.41) is 1.66. The highest BCUT2D eigenvalue weighted by atomic mass is 35.5. The van der Waals surface area contributed by atoms with Crippen molar-refractivity contribution in [2.75, 3.05) is 13.6 Å². The van der Waals surface area contributed by atoms with Crippen LogP contribution in [-0.2, 0) is 0 Å². The topological polar surface area (TPSA) is 33.2 Å². The third-order valence-electron chi connectivity index (χ3n) is 1.52. The van der Waals surface area contributed by atoms with E-state index >= 15 is 0 Å². The van der Waals surface area contributed by atoms with Crippen LogP contribution in [0.3, 0.4) is 0 Å². The van der Waals surface area contributed by atoms with Crippen LogP contribution in [0.5, 0.6) is 0 Å². The van der Waals surface area contributed by atoms with E-state index in [9.17, 15) is 4.79 Å². The van der Waals surface area contributed by atoms with Gasteiger partial charge in [0.15, 0.2) is 4.47 Å². The van der Waals surface area contributed by atoms with Gasteiger partial charge < -0.3 is 4.90 Å². The molecule has 0 N–H and O–H groups in total. The number of nitrogens with zero attached hydrogens (tertiary/aromatic N) is 2. The molecule has 1 rings (SSSR count). The maximum atomic E-state index is 11.4. The van der Waals surface area contributed by atoms with E-state index in [-0.39, 0.29) is 5.91 Å². The number of carbonyl (C=O) groups is 1. The molecule has 1 amide bonds. The molecule has 0 aromatic carbocycles. The second kappa shape index (κ2) is 3.87. The van der Waals surface area contributed by atoms with Gasteiger partial charge in [0.05, 0.1) is 0 Å². The first-order valence-corrected chi connectivity index (χ1v) is 4.77. The normalized spacial score (nSPS) is 9.92. The average Bonchev–Trinajstić information content (AvgIpc) is 2.49. The molecule has 0 saturated carbocycles. The fourth-order valence-electron chi connectivity index (χ4n) is 0.689. The predicted molar refractivity (Wildman–Crippen MR) is 49.8 cm³/mol. The van der Waals surface area contributed by atoms with E-state index in [1.807, 2.05) is 6.92 Å². The standard InChI is InChI=1S/C7H9ClN2OS/c1-3-10(2)6(11)5-4-12-7(8)9-5/h4H,3H2,1-2H3. The first-order chi connectivity index (χ1) is 5.65. The van der Waals surface area contributed by atoms with Crippen molar-refractivity contribution in [3.63, 3.8) is 0 Å². The Hall–Kier alpha value is -0.610. The lowest BCUT2D eigenvalue weighted by Crippen LogP contribution is -2.26. The van der Waals surface area contributed by atoms with Crippen molar-refractivity contribution >= 4 is 28.8 Å². The van der Waals surface area contributed by atoms with Crippen molar-refractivity contribution in [1.29, 1.82) is 0 Å². The quantitative estimate of drug-likeness (QED) is 0.737. The van der Waals surface area contributed by atoms with Crippen molar-refractivity contribution in [2.45, 2.75) is 6.92 Å². The maximum Gasteiger partial charge on any atom is 0.273 e. The minimum Gasteiger partial charge on any atom is -0.341 e. The Morgan fingerprint density at radius 3 is 2.92 bits per heavy atom. The first-order valence-electron chi connectivity index (χ1n) is 3.51. The van der Waals surface area contributed by atoms with Crippen LogP contribution in [0.2, 0.25) is 4.47 Å². The monoisotopic (exact) mass is 204 g/mol. The van der Waals surface area contributed by atoms with E-state index in [2.05, 4.69) is 4.98 Å². The van der Waals surface area contributed by atoms with Crippen LogP contribution in [0.15, 0.2) is 5.38 Å². The third-order valence-corrected chi connectivity index (χ3v) is 2.49. The maximum absolute atomic E-state index is 11.4. The van der Waals surface area contributed by atoms with Gasteiger partial charge in [-0.2, -0.15) is 0 Å². The highest BCUT2D eigenvalue weighted by Crippen LogP contribution is 2.15. The van der Waals surface area contributed by atoms with Gasteiger partial charge in [-0.15, -0.1) is 11.3 Å². The lowest BCUT2D eigenvalue weighted by molar-refractivity contribution is 0.0797. The van der Waals surface area contributed by atoms with Gasteiger partial charge in [-0.1, -0.05) is 11.6 Å². The van der Waals surface area contributed by atoms with Crippen LogP contribution in [0, 0.1) is 0 Å². The van der Waals surface area contributed by atoms with Crippen LogP contribution in [0.4, 0.5) is 0 Å². The summed E-state index contributed by atoms with van der Waals surface area (Å²) in [5.41, 5.74) is 0.425. The highest BCUT2D eigenvalue weighted by molar-refractivity contribution is 7.14. The Morgan fingerprint density at radius 1 is 1.83 bits per heavy atom. The van der Waals surface area contributed by atoms with E-state index in [0.717, 1.165) is 0 Å². The van der Waals surface area contributed by atoms with Gasteiger partial charge in [-0.05, 0) is 6.92 Å². The summed E-state index contributed by atoms with van der Waals surface area (Å²) in [5.74, 6) is -0.0827. The van der Waals surface area contributed by atoms with E-state index in [0.29, 0.717) is 16.7 Å². The number of amides is 1. The fraction of sp³-hybridized carbons (Fsp3) is 0.429. The lowest BCUT2D eigenvalue weighted by atomic mass is 10.4. The molecule has 3 nitrogen and oxygen atoms in total. The number of halogens is 1. The largest absolute Gasteiger partial charge is 0.341 e. The zero-order chi connectivity index (χ0) is 9.14. The molecule has 0 saturated heterocycles. The van der Waals surface area contributed by atoms with E-state index < -0.39 is 0 Å². The molecule has 0 radical (unpaired) electrons. The third kappa shape index (κ3) is 1.95. The van der Waals surface area contributed by atoms with Crippen molar-refractivity contribution in [2.24, 2.45) is 0 Å². The summed E-state index contributed by atoms with van der Waals surface area (Å²) in [7, 11) is 1.73. The summed E-state index contributed by atoms with van der Waals surface area (Å²) in [6.07, 6.45) is 0. The minimum atomic E-state index is -0.0827. The van der Waals surface area contributed by atoms with Crippen molar-refractivity contribution in [1.82, 2.24) is 9.88 Å². The van der Waals surface area contributed by atoms with Crippen molar-refractivity contribution in [3.8, 4) is 0 Å². The first kappa shape index (κ1) is 9.48. The van der Waals surface area contributed by atoms with Gasteiger partial charge in [0.1, 0.15) is 5.69 Å². The molecule has 0 unspecified atom stereocenters. The Bertz CT molecular complexity index is 287. The molecule has 1 aromatic rings. The molecule has 66 valence electrons. The molecule has 1 aromatic heterocycles. The second-order valence-corrected chi connectivity index (χ2v) is 3.75. The Kier molecular flexibility index (Phi) is 3.05. The molecular weight excluding hydrogens is 196 g/mol. The van der Waals surface area contributed by atoms with E-state index in [1.54, 1.807) is 17.3 Å². The van der Waals surface area contributed by atoms with Crippen LogP contribution < -0.4 is 0 Å². The number of carbonyl (C=O) groups excluding carboxylic acids is 1. The SMILES string of the molecule is CCN(C)C(=O)c1csc(Cl)n1. The molecule has 1 heterocycles. The number of aromatic nitrogens is 1. The molecule has 0 spiro atoms. The summed E-state index contributed by atoms with van der Waals surface area (Å²) >= 11 is 6.86. The molecular formula is C7H9ClN2OS. The molecule has 0 atom stereocenters. The summed E-state index contributed by atoms with van der Waals surface area (Å²) in [6, 6.07) is 0. The van der Waals surface area contributed by atoms with Crippen LogP contribution in [0.25, 0.3) is 0 Å². The molecule has 5 heteroatoms. The van der Waals surface area contributed by atoms with Gasteiger partial charge in [-0.25, -0.2) is 4.98 Å². The second-order valence-electron chi connectivity index (χ2n) is 2.31. The number of hydrogen-bond donors (Lipinski definition) is 0. The fourth-order valence-corrected chi connectivity index (χ4v) is 1.43. The van der Waals surface area contributed by atoms with Gasteiger partial charge in [-0.3, -0.25) is 4.79 Å². The minimum absolute atomic E-state index is 0.0827. The summed E-state index contributed by atoms with van der Waals surface area (Å²) in [6.45, 7) is 2.58. The van der Waals surface area contributed by atoms with Gasteiger partial charge >= 0.3 is 0 Å². The zero-order valence-corrected chi connectivity index (χ0v) is 8.45. The molecule has 0 aliphatic heterocycles. The van der Waals surface area contributed by atoms with Crippen molar-refractivity contribution < 1.29 is 4.79 Å². The number of rotatable bonds is 2. The number of thiazole rings is 1. The van der Waals surface area contributed by atoms with Crippen LogP contribution >= 0.6 is 22.9 Å². The summed E-state index contributed by atoms with van der Waals surface area (Å²) in [4.78, 5) is 16.9. The van der Waals surface area contributed by atoms with Gasteiger partial charge in [0.25, 0.3) is 5.91 Å². The Morgan fingerprint density at radius 2 is 2.50 bits per heavy atom. The van der Waals surface area contributed by atoms with E-state index in [1.165, 1.54) is 11.3 Å². The number of hydrogen-bond acceptors (Lipinski definition) is 3. The molecule has 0 fully saturated rings. The lowest BCUT2D eigenvalue weighted by Gasteiger charge is -2.11. The average molecular weight is 205 g/mol. The van der Waals surface area contributed by atoms with Gasteiger partial charge in [0, 0.05) is 19.0 Å². The molecule has 0 aliphatic carbocycles. The molecule has 0 bridgehead atoms. The smallest absolute Gasteiger partial charge is 0.273 e.